The van der Waals surface area contributed by atoms with Crippen molar-refractivity contribution < 1.29 is 18.7 Å². The lowest BCUT2D eigenvalue weighted by atomic mass is 10.2. The Morgan fingerprint density at radius 2 is 1.96 bits per heavy atom. The van der Waals surface area contributed by atoms with Crippen molar-refractivity contribution in [2.75, 3.05) is 7.11 Å². The molecule has 0 aliphatic carbocycles. The van der Waals surface area contributed by atoms with Crippen LogP contribution in [0.3, 0.4) is 0 Å². The Hall–Kier alpha value is -2.66. The first-order chi connectivity index (χ1) is 11.1. The second kappa shape index (κ2) is 6.22. The number of hydrogen-bond donors (Lipinski definition) is 0. The molecule has 6 heteroatoms. The van der Waals surface area contributed by atoms with Crippen LogP contribution in [0.1, 0.15) is 11.1 Å². The van der Waals surface area contributed by atoms with Crippen LogP contribution >= 0.6 is 11.6 Å². The lowest BCUT2D eigenvalue weighted by molar-refractivity contribution is -0.129. The Bertz CT molecular complexity index is 828. The van der Waals surface area contributed by atoms with Crippen molar-refractivity contribution in [3.63, 3.8) is 0 Å². The van der Waals surface area contributed by atoms with Gasteiger partial charge in [0.2, 0.25) is 5.90 Å². The Morgan fingerprint density at radius 1 is 1.22 bits per heavy atom. The molecule has 0 fully saturated rings. The molecule has 0 saturated carbocycles. The van der Waals surface area contributed by atoms with Crippen LogP contribution in [0.25, 0.3) is 6.08 Å². The van der Waals surface area contributed by atoms with E-state index in [2.05, 4.69) is 4.99 Å². The van der Waals surface area contributed by atoms with Crippen molar-refractivity contribution in [1.82, 2.24) is 0 Å². The molecule has 0 atom stereocenters. The van der Waals surface area contributed by atoms with Crippen molar-refractivity contribution in [2.24, 2.45) is 4.99 Å². The fraction of sp³-hybridized carbons (Fsp3) is 0.0588. The largest absolute Gasteiger partial charge is 0.497 e. The molecule has 4 nitrogen and oxygen atoms in total. The van der Waals surface area contributed by atoms with Gasteiger partial charge in [0.25, 0.3) is 0 Å². The number of cyclic esters (lactones) is 1. The molecule has 0 N–H and O–H groups in total. The molecule has 2 aromatic carbocycles. The van der Waals surface area contributed by atoms with E-state index in [0.717, 1.165) is 0 Å². The molecule has 0 bridgehead atoms. The van der Waals surface area contributed by atoms with Gasteiger partial charge in [0.05, 0.1) is 17.7 Å². The molecule has 116 valence electrons. The summed E-state index contributed by atoms with van der Waals surface area (Å²) < 4.78 is 23.1. The topological polar surface area (TPSA) is 47.9 Å². The minimum atomic E-state index is -0.587. The summed E-state index contributed by atoms with van der Waals surface area (Å²) in [5.74, 6) is -0.228. The predicted octanol–water partition coefficient (Wildman–Crippen LogP) is 3.83. The van der Waals surface area contributed by atoms with E-state index in [0.29, 0.717) is 21.9 Å². The Morgan fingerprint density at radius 3 is 2.61 bits per heavy atom. The minimum absolute atomic E-state index is 0.121. The van der Waals surface area contributed by atoms with Gasteiger partial charge in [-0.15, -0.1) is 0 Å². The molecule has 2 aromatic rings. The van der Waals surface area contributed by atoms with Gasteiger partial charge in [0, 0.05) is 0 Å². The lowest BCUT2D eigenvalue weighted by Gasteiger charge is -2.05. The van der Waals surface area contributed by atoms with E-state index in [9.17, 15) is 9.18 Å². The summed E-state index contributed by atoms with van der Waals surface area (Å²) in [7, 11) is 1.53. The van der Waals surface area contributed by atoms with Gasteiger partial charge in [-0.05, 0) is 42.0 Å². The van der Waals surface area contributed by atoms with E-state index in [1.165, 1.54) is 25.3 Å². The second-order valence-corrected chi connectivity index (χ2v) is 5.14. The molecule has 0 amide bonds. The van der Waals surface area contributed by atoms with Gasteiger partial charge >= 0.3 is 5.97 Å². The number of rotatable bonds is 3. The number of benzene rings is 2. The molecule has 0 radical (unpaired) electrons. The van der Waals surface area contributed by atoms with Gasteiger partial charge < -0.3 is 9.47 Å². The Kier molecular flexibility index (Phi) is 4.12. The van der Waals surface area contributed by atoms with Gasteiger partial charge in [-0.3, -0.25) is 0 Å². The number of halogens is 2. The molecule has 3 rings (SSSR count). The van der Waals surface area contributed by atoms with Gasteiger partial charge in [0.1, 0.15) is 11.6 Å². The molecule has 1 aliphatic rings. The lowest BCUT2D eigenvalue weighted by Crippen LogP contribution is -2.06. The van der Waals surface area contributed by atoms with Crippen molar-refractivity contribution in [1.29, 1.82) is 0 Å². The summed E-state index contributed by atoms with van der Waals surface area (Å²) in [6.07, 6.45) is 1.52. The van der Waals surface area contributed by atoms with E-state index in [4.69, 9.17) is 21.1 Å². The number of hydrogen-bond acceptors (Lipinski definition) is 4. The highest BCUT2D eigenvalue weighted by Gasteiger charge is 2.25. The highest BCUT2D eigenvalue weighted by Crippen LogP contribution is 2.27. The summed E-state index contributed by atoms with van der Waals surface area (Å²) in [6, 6.07) is 10.7. The SMILES string of the molecule is COc1ccc(C2=N/C(=C\c3ccc(F)cc3)C(=O)O2)c(Cl)c1. The fourth-order valence-electron chi connectivity index (χ4n) is 2.04. The van der Waals surface area contributed by atoms with Crippen molar-refractivity contribution in [2.45, 2.75) is 0 Å². The first-order valence-electron chi connectivity index (χ1n) is 6.69. The zero-order valence-corrected chi connectivity index (χ0v) is 12.8. The molecule has 1 heterocycles. The fourth-order valence-corrected chi connectivity index (χ4v) is 2.29. The second-order valence-electron chi connectivity index (χ2n) is 4.73. The van der Waals surface area contributed by atoms with Crippen molar-refractivity contribution >= 4 is 29.5 Å². The van der Waals surface area contributed by atoms with Crippen LogP contribution in [0.2, 0.25) is 5.02 Å². The van der Waals surface area contributed by atoms with Crippen LogP contribution < -0.4 is 4.74 Å². The zero-order chi connectivity index (χ0) is 16.4. The number of methoxy groups -OCH3 is 1. The average Bonchev–Trinajstić information content (AvgIpc) is 2.90. The summed E-state index contributed by atoms with van der Waals surface area (Å²) in [5.41, 5.74) is 1.26. The molecule has 1 aliphatic heterocycles. The normalized spacial score (nSPS) is 15.5. The molecule has 0 spiro atoms. The third kappa shape index (κ3) is 3.24. The van der Waals surface area contributed by atoms with Crippen LogP contribution in [0, 0.1) is 5.82 Å². The van der Waals surface area contributed by atoms with Gasteiger partial charge in [0.15, 0.2) is 5.70 Å². The monoisotopic (exact) mass is 331 g/mol. The molecular formula is C17H11ClFNO3. The highest BCUT2D eigenvalue weighted by atomic mass is 35.5. The van der Waals surface area contributed by atoms with E-state index < -0.39 is 5.97 Å². The van der Waals surface area contributed by atoms with Gasteiger partial charge in [-0.25, -0.2) is 14.2 Å². The first-order valence-corrected chi connectivity index (χ1v) is 7.06. The van der Waals surface area contributed by atoms with Gasteiger partial charge in [-0.1, -0.05) is 23.7 Å². The van der Waals surface area contributed by atoms with E-state index in [1.54, 1.807) is 30.3 Å². The number of esters is 1. The third-order valence-corrected chi connectivity index (χ3v) is 3.51. The number of nitrogens with zero attached hydrogens (tertiary/aromatic N) is 1. The summed E-state index contributed by atoms with van der Waals surface area (Å²) in [4.78, 5) is 16.1. The van der Waals surface area contributed by atoms with Crippen LogP contribution in [0.5, 0.6) is 5.75 Å². The summed E-state index contributed by atoms with van der Waals surface area (Å²) >= 11 is 6.15. The number of aliphatic imine (C=N–C) groups is 1. The van der Waals surface area contributed by atoms with E-state index >= 15 is 0 Å². The van der Waals surface area contributed by atoms with Crippen molar-refractivity contribution in [3.05, 3.63) is 70.1 Å². The predicted molar refractivity (Wildman–Crippen MR) is 85.0 cm³/mol. The smallest absolute Gasteiger partial charge is 0.363 e. The number of carbonyl (C=O) groups is 1. The van der Waals surface area contributed by atoms with Crippen LogP contribution in [-0.4, -0.2) is 19.0 Å². The third-order valence-electron chi connectivity index (χ3n) is 3.20. The summed E-state index contributed by atoms with van der Waals surface area (Å²) in [6.45, 7) is 0. The number of ether oxygens (including phenoxy) is 2. The first kappa shape index (κ1) is 15.2. The quantitative estimate of drug-likeness (QED) is 0.634. The van der Waals surface area contributed by atoms with E-state index in [1.807, 2.05) is 0 Å². The molecule has 0 aromatic heterocycles. The van der Waals surface area contributed by atoms with Gasteiger partial charge in [-0.2, -0.15) is 0 Å². The van der Waals surface area contributed by atoms with Crippen LogP contribution in [0.15, 0.2) is 53.2 Å². The van der Waals surface area contributed by atoms with E-state index in [-0.39, 0.29) is 17.4 Å². The Balaban J connectivity index is 1.93. The maximum atomic E-state index is 12.9. The molecule has 0 unspecified atom stereocenters. The summed E-state index contributed by atoms with van der Waals surface area (Å²) in [5, 5.41) is 0.360. The van der Waals surface area contributed by atoms with Crippen LogP contribution in [0.4, 0.5) is 4.39 Å². The minimum Gasteiger partial charge on any atom is -0.497 e. The maximum Gasteiger partial charge on any atom is 0.363 e. The molecule has 0 saturated heterocycles. The zero-order valence-electron chi connectivity index (χ0n) is 12.0. The molecular weight excluding hydrogens is 321 g/mol. The highest BCUT2D eigenvalue weighted by molar-refractivity contribution is 6.34. The van der Waals surface area contributed by atoms with Crippen molar-refractivity contribution in [3.8, 4) is 5.75 Å². The number of carbonyl (C=O) groups excluding carboxylic acids is 1. The Labute approximate surface area is 136 Å². The maximum absolute atomic E-state index is 12.9. The standard InChI is InChI=1S/C17H11ClFNO3/c1-22-12-6-7-13(14(18)9-12)16-20-15(17(21)23-16)8-10-2-4-11(19)5-3-10/h2-9H,1H3/b15-8-. The van der Waals surface area contributed by atoms with Crippen LogP contribution in [-0.2, 0) is 9.53 Å². The molecule has 23 heavy (non-hydrogen) atoms. The average molecular weight is 332 g/mol.